The average molecular weight is 438 g/mol. The number of pyridine rings is 1. The van der Waals surface area contributed by atoms with E-state index in [1.807, 2.05) is 23.6 Å². The number of nitrogens with zero attached hydrogens (tertiary/aromatic N) is 1. The van der Waals surface area contributed by atoms with Crippen molar-refractivity contribution in [1.82, 2.24) is 4.98 Å². The first-order chi connectivity index (χ1) is 14.6. The van der Waals surface area contributed by atoms with Crippen molar-refractivity contribution < 1.29 is 14.3 Å². The van der Waals surface area contributed by atoms with Crippen LogP contribution in [0.2, 0.25) is 0 Å². The van der Waals surface area contributed by atoms with Crippen LogP contribution < -0.4 is 16.4 Å². The Balaban J connectivity index is 1.89. The van der Waals surface area contributed by atoms with Crippen LogP contribution in [-0.2, 0) is 4.74 Å². The van der Waals surface area contributed by atoms with Crippen molar-refractivity contribution in [2.45, 2.75) is 26.4 Å². The van der Waals surface area contributed by atoms with E-state index in [0.717, 1.165) is 10.4 Å². The van der Waals surface area contributed by atoms with Crippen LogP contribution in [-0.4, -0.2) is 28.4 Å². The summed E-state index contributed by atoms with van der Waals surface area (Å²) in [4.78, 5) is 30.1. The van der Waals surface area contributed by atoms with Gasteiger partial charge in [-0.2, -0.15) is 0 Å². The van der Waals surface area contributed by atoms with Crippen molar-refractivity contribution in [3.63, 3.8) is 0 Å². The molecule has 0 radical (unpaired) electrons. The molecule has 2 heterocycles. The van der Waals surface area contributed by atoms with Crippen LogP contribution in [0, 0.1) is 5.41 Å². The number of nitrogens with two attached hydrogens (primary N) is 1. The Bertz CT molecular complexity index is 1100. The normalized spacial score (nSPS) is 10.9. The molecule has 31 heavy (non-hydrogen) atoms. The van der Waals surface area contributed by atoms with Crippen LogP contribution in [0.4, 0.5) is 16.2 Å². The van der Waals surface area contributed by atoms with E-state index in [1.165, 1.54) is 18.3 Å². The van der Waals surface area contributed by atoms with Gasteiger partial charge in [0, 0.05) is 11.1 Å². The molecule has 0 unspecified atom stereocenters. The summed E-state index contributed by atoms with van der Waals surface area (Å²) >= 11 is 1.57. The highest BCUT2D eigenvalue weighted by molar-refractivity contribution is 7.13. The standard InChI is InChI=1S/C22H23N5O3S/c1-22(2,3)30-21(29)27-15-8-6-13(18-5-4-10-31-18)11-17(15)26-20(28)14-7-9-16(19(23)24)25-12-14/h4-12H,1-3H3,(H3,23,24)(H,26,28)(H,27,29). The van der Waals surface area contributed by atoms with Crippen LogP contribution in [0.25, 0.3) is 10.4 Å². The van der Waals surface area contributed by atoms with Gasteiger partial charge in [-0.1, -0.05) is 12.1 Å². The van der Waals surface area contributed by atoms with Gasteiger partial charge in [0.15, 0.2) is 0 Å². The molecule has 0 aliphatic rings. The molecule has 160 valence electrons. The first kappa shape index (κ1) is 22.0. The lowest BCUT2D eigenvalue weighted by atomic mass is 10.1. The number of amidine groups is 1. The average Bonchev–Trinajstić information content (AvgIpc) is 3.22. The molecule has 0 bridgehead atoms. The minimum Gasteiger partial charge on any atom is -0.444 e. The first-order valence-electron chi connectivity index (χ1n) is 9.42. The number of nitrogens with one attached hydrogen (secondary N) is 3. The van der Waals surface area contributed by atoms with Crippen LogP contribution >= 0.6 is 11.3 Å². The molecule has 9 heteroatoms. The van der Waals surface area contributed by atoms with E-state index in [1.54, 1.807) is 44.2 Å². The molecule has 8 nitrogen and oxygen atoms in total. The third-order valence-corrected chi connectivity index (χ3v) is 4.93. The number of hydrogen-bond acceptors (Lipinski definition) is 6. The number of carbonyl (C=O) groups is 2. The van der Waals surface area contributed by atoms with Gasteiger partial charge in [0.25, 0.3) is 5.91 Å². The van der Waals surface area contributed by atoms with Crippen molar-refractivity contribution in [2.24, 2.45) is 5.73 Å². The molecule has 2 aromatic heterocycles. The lowest BCUT2D eigenvalue weighted by molar-refractivity contribution is 0.0635. The lowest BCUT2D eigenvalue weighted by Crippen LogP contribution is -2.27. The predicted molar refractivity (Wildman–Crippen MR) is 123 cm³/mol. The third-order valence-electron chi connectivity index (χ3n) is 4.01. The van der Waals surface area contributed by atoms with Crippen molar-refractivity contribution in [3.8, 4) is 10.4 Å². The lowest BCUT2D eigenvalue weighted by Gasteiger charge is -2.21. The molecule has 0 saturated carbocycles. The zero-order valence-electron chi connectivity index (χ0n) is 17.4. The number of thiophene rings is 1. The fourth-order valence-corrected chi connectivity index (χ4v) is 3.37. The first-order valence-corrected chi connectivity index (χ1v) is 10.3. The van der Waals surface area contributed by atoms with Gasteiger partial charge in [-0.3, -0.25) is 20.5 Å². The van der Waals surface area contributed by atoms with Gasteiger partial charge in [0.2, 0.25) is 0 Å². The molecule has 0 atom stereocenters. The van der Waals surface area contributed by atoms with Crippen LogP contribution in [0.1, 0.15) is 36.8 Å². The molecule has 3 rings (SSSR count). The molecule has 0 aliphatic heterocycles. The molecule has 5 N–H and O–H groups in total. The smallest absolute Gasteiger partial charge is 0.412 e. The SMILES string of the molecule is CC(C)(C)OC(=O)Nc1ccc(-c2cccs2)cc1NC(=O)c1ccc(C(=N)N)nc1. The number of anilines is 2. The Morgan fingerprint density at radius 3 is 2.45 bits per heavy atom. The number of carbonyl (C=O) groups excluding carboxylic acids is 2. The minimum atomic E-state index is -0.658. The monoisotopic (exact) mass is 437 g/mol. The summed E-state index contributed by atoms with van der Waals surface area (Å²) in [5.41, 5.74) is 7.02. The zero-order chi connectivity index (χ0) is 22.6. The molecule has 0 spiro atoms. The maximum atomic E-state index is 12.8. The fourth-order valence-electron chi connectivity index (χ4n) is 2.65. The van der Waals surface area contributed by atoms with Crippen LogP contribution in [0.3, 0.4) is 0 Å². The van der Waals surface area contributed by atoms with Gasteiger partial charge < -0.3 is 15.8 Å². The molecule has 0 aliphatic carbocycles. The van der Waals surface area contributed by atoms with E-state index < -0.39 is 17.6 Å². The highest BCUT2D eigenvalue weighted by Gasteiger charge is 2.19. The van der Waals surface area contributed by atoms with E-state index in [2.05, 4.69) is 15.6 Å². The van der Waals surface area contributed by atoms with Gasteiger partial charge in [0.1, 0.15) is 17.1 Å². The van der Waals surface area contributed by atoms with Gasteiger partial charge in [-0.05, 0) is 62.0 Å². The Morgan fingerprint density at radius 1 is 1.10 bits per heavy atom. The highest BCUT2D eigenvalue weighted by Crippen LogP contribution is 2.32. The van der Waals surface area contributed by atoms with E-state index in [-0.39, 0.29) is 17.1 Å². The van der Waals surface area contributed by atoms with Crippen molar-refractivity contribution >= 4 is 40.5 Å². The summed E-state index contributed by atoms with van der Waals surface area (Å²) in [5, 5.41) is 14.9. The second-order valence-electron chi connectivity index (χ2n) is 7.66. The second-order valence-corrected chi connectivity index (χ2v) is 8.61. The number of hydrogen-bond donors (Lipinski definition) is 4. The van der Waals surface area contributed by atoms with Gasteiger partial charge in [-0.25, -0.2) is 4.79 Å². The zero-order valence-corrected chi connectivity index (χ0v) is 18.2. The minimum absolute atomic E-state index is 0.181. The Kier molecular flexibility index (Phi) is 6.36. The molecular formula is C22H23N5O3S. The molecular weight excluding hydrogens is 414 g/mol. The second kappa shape index (κ2) is 8.97. The van der Waals surface area contributed by atoms with E-state index in [4.69, 9.17) is 15.9 Å². The summed E-state index contributed by atoms with van der Waals surface area (Å²) in [6, 6.07) is 12.3. The summed E-state index contributed by atoms with van der Waals surface area (Å²) in [6.07, 6.45) is 0.718. The number of ether oxygens (including phenoxy) is 1. The maximum Gasteiger partial charge on any atom is 0.412 e. The molecule has 2 amide bonds. The van der Waals surface area contributed by atoms with E-state index >= 15 is 0 Å². The Hall–Kier alpha value is -3.72. The van der Waals surface area contributed by atoms with E-state index in [0.29, 0.717) is 11.4 Å². The largest absolute Gasteiger partial charge is 0.444 e. The van der Waals surface area contributed by atoms with Gasteiger partial charge in [-0.15, -0.1) is 11.3 Å². The number of rotatable bonds is 5. The van der Waals surface area contributed by atoms with Crippen LogP contribution in [0.15, 0.2) is 54.0 Å². The summed E-state index contributed by atoms with van der Waals surface area (Å²) in [6.45, 7) is 5.31. The highest BCUT2D eigenvalue weighted by atomic mass is 32.1. The predicted octanol–water partition coefficient (Wildman–Crippen LogP) is 4.69. The fraction of sp³-hybridized carbons (Fsp3) is 0.182. The summed E-state index contributed by atoms with van der Waals surface area (Å²) < 4.78 is 5.32. The van der Waals surface area contributed by atoms with Gasteiger partial charge in [0.05, 0.1) is 16.9 Å². The number of benzene rings is 1. The molecule has 0 saturated heterocycles. The summed E-state index contributed by atoms with van der Waals surface area (Å²) in [7, 11) is 0. The maximum absolute atomic E-state index is 12.8. The Morgan fingerprint density at radius 2 is 1.87 bits per heavy atom. The molecule has 3 aromatic rings. The number of aromatic nitrogens is 1. The summed E-state index contributed by atoms with van der Waals surface area (Å²) in [5.74, 6) is -0.599. The van der Waals surface area contributed by atoms with Gasteiger partial charge >= 0.3 is 6.09 Å². The third kappa shape index (κ3) is 5.89. The molecule has 0 fully saturated rings. The van der Waals surface area contributed by atoms with Crippen molar-refractivity contribution in [2.75, 3.05) is 10.6 Å². The van der Waals surface area contributed by atoms with Crippen molar-refractivity contribution in [3.05, 3.63) is 65.3 Å². The topological polar surface area (TPSA) is 130 Å². The quantitative estimate of drug-likeness (QED) is 0.340. The van der Waals surface area contributed by atoms with E-state index in [9.17, 15) is 9.59 Å². The van der Waals surface area contributed by atoms with Crippen molar-refractivity contribution in [1.29, 1.82) is 5.41 Å². The number of amides is 2. The number of nitrogen functional groups attached to an aromatic ring is 1. The molecule has 1 aromatic carbocycles. The Labute approximate surface area is 184 Å². The van der Waals surface area contributed by atoms with Crippen LogP contribution in [0.5, 0.6) is 0 Å².